The topological polar surface area (TPSA) is 37.8 Å². The van der Waals surface area contributed by atoms with Crippen LogP contribution in [0.1, 0.15) is 24.4 Å². The van der Waals surface area contributed by atoms with Crippen molar-refractivity contribution in [2.75, 3.05) is 0 Å². The second-order valence-corrected chi connectivity index (χ2v) is 5.65. The molecule has 20 heavy (non-hydrogen) atoms. The van der Waals surface area contributed by atoms with Crippen LogP contribution in [0.15, 0.2) is 24.5 Å². The Hall–Kier alpha value is -1.47. The molecule has 0 aliphatic rings. The van der Waals surface area contributed by atoms with Crippen molar-refractivity contribution >= 4 is 11.3 Å². The average Bonchev–Trinajstić information content (AvgIpc) is 2.81. The molecule has 0 aliphatic carbocycles. The summed E-state index contributed by atoms with van der Waals surface area (Å²) >= 11 is 1.05. The number of aromatic nitrogens is 2. The molecule has 0 unspecified atom stereocenters. The van der Waals surface area contributed by atoms with Crippen LogP contribution >= 0.6 is 11.3 Å². The monoisotopic (exact) mass is 301 g/mol. The summed E-state index contributed by atoms with van der Waals surface area (Å²) in [6.07, 6.45) is -1.35. The molecule has 1 N–H and O–H groups in total. The third-order valence-electron chi connectivity index (χ3n) is 2.55. The van der Waals surface area contributed by atoms with E-state index in [1.54, 1.807) is 18.3 Å². The van der Waals surface area contributed by atoms with Crippen molar-refractivity contribution in [2.45, 2.75) is 32.6 Å². The highest BCUT2D eigenvalue weighted by Gasteiger charge is 2.37. The molecule has 0 aliphatic heterocycles. The Kier molecular flexibility index (Phi) is 4.39. The van der Waals surface area contributed by atoms with E-state index in [9.17, 15) is 13.2 Å². The van der Waals surface area contributed by atoms with Gasteiger partial charge in [0.1, 0.15) is 5.01 Å². The third kappa shape index (κ3) is 3.55. The minimum atomic E-state index is -4.44. The highest BCUT2D eigenvalue weighted by molar-refractivity contribution is 7.15. The molecule has 0 saturated heterocycles. The SMILES string of the molecule is CC(C)NCc1sc(-c2cccnc2)nc1C(F)(F)F. The first-order chi connectivity index (χ1) is 9.38. The first-order valence-electron chi connectivity index (χ1n) is 6.08. The van der Waals surface area contributed by atoms with Gasteiger partial charge in [0.25, 0.3) is 0 Å². The molecule has 0 fully saturated rings. The minimum absolute atomic E-state index is 0.111. The molecule has 0 amide bonds. The van der Waals surface area contributed by atoms with Crippen molar-refractivity contribution in [1.82, 2.24) is 15.3 Å². The number of halogens is 3. The van der Waals surface area contributed by atoms with Gasteiger partial charge < -0.3 is 5.32 Å². The molecule has 2 heterocycles. The Morgan fingerprint density at radius 1 is 1.35 bits per heavy atom. The third-order valence-corrected chi connectivity index (χ3v) is 3.65. The van der Waals surface area contributed by atoms with Crippen LogP contribution in [0.4, 0.5) is 13.2 Å². The highest BCUT2D eigenvalue weighted by atomic mass is 32.1. The molecule has 2 rings (SSSR count). The highest BCUT2D eigenvalue weighted by Crippen LogP contribution is 2.37. The van der Waals surface area contributed by atoms with Crippen LogP contribution < -0.4 is 5.32 Å². The zero-order valence-corrected chi connectivity index (χ0v) is 11.8. The molecule has 0 saturated carbocycles. The van der Waals surface area contributed by atoms with Crippen LogP contribution in [0, 0.1) is 0 Å². The van der Waals surface area contributed by atoms with Gasteiger partial charge in [-0.25, -0.2) is 4.98 Å². The molecular formula is C13H14F3N3S. The number of nitrogens with one attached hydrogen (secondary N) is 1. The van der Waals surface area contributed by atoms with Gasteiger partial charge in [-0.05, 0) is 12.1 Å². The smallest absolute Gasteiger partial charge is 0.310 e. The molecule has 7 heteroatoms. The average molecular weight is 301 g/mol. The van der Waals surface area contributed by atoms with Crippen LogP contribution in [0.3, 0.4) is 0 Å². The van der Waals surface area contributed by atoms with Gasteiger partial charge in [-0.3, -0.25) is 4.98 Å². The summed E-state index contributed by atoms with van der Waals surface area (Å²) in [5.74, 6) is 0. The van der Waals surface area contributed by atoms with E-state index in [1.807, 2.05) is 13.8 Å². The molecule has 0 spiro atoms. The second-order valence-electron chi connectivity index (χ2n) is 4.57. The number of thiazole rings is 1. The molecule has 3 nitrogen and oxygen atoms in total. The molecule has 0 radical (unpaired) electrons. The Bertz CT molecular complexity index is 564. The predicted octanol–water partition coefficient (Wildman–Crippen LogP) is 3.72. The van der Waals surface area contributed by atoms with Crippen molar-refractivity contribution in [3.05, 3.63) is 35.1 Å². The lowest BCUT2D eigenvalue weighted by molar-refractivity contribution is -0.141. The van der Waals surface area contributed by atoms with Gasteiger partial charge in [0.15, 0.2) is 5.69 Å². The van der Waals surface area contributed by atoms with E-state index >= 15 is 0 Å². The van der Waals surface area contributed by atoms with E-state index in [0.29, 0.717) is 10.6 Å². The molecule has 2 aromatic rings. The summed E-state index contributed by atoms with van der Waals surface area (Å²) in [5, 5.41) is 3.33. The van der Waals surface area contributed by atoms with Crippen molar-refractivity contribution in [3.8, 4) is 10.6 Å². The Labute approximate surface area is 118 Å². The van der Waals surface area contributed by atoms with Gasteiger partial charge >= 0.3 is 6.18 Å². The van der Waals surface area contributed by atoms with Crippen molar-refractivity contribution in [3.63, 3.8) is 0 Å². The largest absolute Gasteiger partial charge is 0.434 e. The molecule has 0 atom stereocenters. The van der Waals surface area contributed by atoms with Crippen LogP contribution in [0.5, 0.6) is 0 Å². The minimum Gasteiger partial charge on any atom is -0.310 e. The van der Waals surface area contributed by atoms with E-state index in [1.165, 1.54) is 6.20 Å². The lowest BCUT2D eigenvalue weighted by Gasteiger charge is -2.09. The van der Waals surface area contributed by atoms with E-state index < -0.39 is 11.9 Å². The number of rotatable bonds is 4. The molecule has 2 aromatic heterocycles. The zero-order chi connectivity index (χ0) is 14.8. The van der Waals surface area contributed by atoms with Crippen molar-refractivity contribution in [2.24, 2.45) is 0 Å². The van der Waals surface area contributed by atoms with Gasteiger partial charge in [-0.1, -0.05) is 13.8 Å². The Morgan fingerprint density at radius 2 is 2.10 bits per heavy atom. The fraction of sp³-hybridized carbons (Fsp3) is 0.385. The number of pyridine rings is 1. The summed E-state index contributed by atoms with van der Waals surface area (Å²) in [4.78, 5) is 7.85. The van der Waals surface area contributed by atoms with Crippen molar-refractivity contribution < 1.29 is 13.2 Å². The van der Waals surface area contributed by atoms with Gasteiger partial charge in [-0.2, -0.15) is 13.2 Å². The molecule has 108 valence electrons. The maximum Gasteiger partial charge on any atom is 0.434 e. The summed E-state index contributed by atoms with van der Waals surface area (Å²) in [7, 11) is 0. The normalized spacial score (nSPS) is 12.1. The standard InChI is InChI=1S/C13H14F3N3S/c1-8(2)18-7-10-11(13(14,15)16)19-12(20-10)9-4-3-5-17-6-9/h3-6,8,18H,7H2,1-2H3. The van der Waals surface area contributed by atoms with Gasteiger partial charge in [0.2, 0.25) is 0 Å². The quantitative estimate of drug-likeness (QED) is 0.935. The van der Waals surface area contributed by atoms with Crippen LogP contribution in [-0.4, -0.2) is 16.0 Å². The number of hydrogen-bond acceptors (Lipinski definition) is 4. The van der Waals surface area contributed by atoms with Crippen LogP contribution in [-0.2, 0) is 12.7 Å². The molecular weight excluding hydrogens is 287 g/mol. The lowest BCUT2D eigenvalue weighted by atomic mass is 10.3. The predicted molar refractivity (Wildman–Crippen MR) is 72.3 cm³/mol. The van der Waals surface area contributed by atoms with E-state index in [0.717, 1.165) is 11.3 Å². The fourth-order valence-corrected chi connectivity index (χ4v) is 2.63. The van der Waals surface area contributed by atoms with E-state index in [-0.39, 0.29) is 17.5 Å². The Balaban J connectivity index is 2.37. The lowest BCUT2D eigenvalue weighted by Crippen LogP contribution is -2.23. The van der Waals surface area contributed by atoms with E-state index in [4.69, 9.17) is 0 Å². The van der Waals surface area contributed by atoms with Gasteiger partial charge in [0, 0.05) is 30.5 Å². The summed E-state index contributed by atoms with van der Waals surface area (Å²) in [6.45, 7) is 3.93. The Morgan fingerprint density at radius 3 is 2.65 bits per heavy atom. The molecule has 0 aromatic carbocycles. The second kappa shape index (κ2) is 5.88. The van der Waals surface area contributed by atoms with Gasteiger partial charge in [-0.15, -0.1) is 11.3 Å². The molecule has 0 bridgehead atoms. The van der Waals surface area contributed by atoms with Crippen LogP contribution in [0.2, 0.25) is 0 Å². The number of hydrogen-bond donors (Lipinski definition) is 1. The zero-order valence-electron chi connectivity index (χ0n) is 11.0. The number of nitrogens with zero attached hydrogens (tertiary/aromatic N) is 2. The summed E-state index contributed by atoms with van der Waals surface area (Å²) in [5.41, 5.74) is -0.215. The summed E-state index contributed by atoms with van der Waals surface area (Å²) < 4.78 is 39.0. The maximum absolute atomic E-state index is 13.0. The fourth-order valence-electron chi connectivity index (χ4n) is 1.60. The van der Waals surface area contributed by atoms with E-state index in [2.05, 4.69) is 15.3 Å². The number of alkyl halides is 3. The maximum atomic E-state index is 13.0. The first-order valence-corrected chi connectivity index (χ1v) is 6.90. The van der Waals surface area contributed by atoms with Gasteiger partial charge in [0.05, 0.1) is 4.88 Å². The summed E-state index contributed by atoms with van der Waals surface area (Å²) in [6, 6.07) is 3.49. The van der Waals surface area contributed by atoms with Crippen molar-refractivity contribution in [1.29, 1.82) is 0 Å². The first kappa shape index (κ1) is 14.9. The van der Waals surface area contributed by atoms with Crippen LogP contribution in [0.25, 0.3) is 10.6 Å².